The summed E-state index contributed by atoms with van der Waals surface area (Å²) in [5.74, 6) is 1.10. The van der Waals surface area contributed by atoms with Crippen LogP contribution in [0, 0.1) is 0 Å². The molecule has 5 nitrogen and oxygen atoms in total. The second kappa shape index (κ2) is 8.49. The summed E-state index contributed by atoms with van der Waals surface area (Å²) in [6.45, 7) is 0. The molecule has 162 valence electrons. The molecule has 1 aliphatic carbocycles. The van der Waals surface area contributed by atoms with E-state index in [4.69, 9.17) is 32.9 Å². The predicted molar refractivity (Wildman–Crippen MR) is 126 cm³/mol. The molecule has 1 saturated carbocycles. The summed E-state index contributed by atoms with van der Waals surface area (Å²) in [5.41, 5.74) is 2.77. The molecule has 0 unspecified atom stereocenters. The van der Waals surface area contributed by atoms with E-state index >= 15 is 0 Å². The molecule has 5 rings (SSSR count). The largest absolute Gasteiger partial charge is 0.478 e. The molecule has 1 N–H and O–H groups in total. The Morgan fingerprint density at radius 2 is 1.75 bits per heavy atom. The van der Waals surface area contributed by atoms with Crippen molar-refractivity contribution in [3.63, 3.8) is 0 Å². The van der Waals surface area contributed by atoms with Gasteiger partial charge >= 0.3 is 5.97 Å². The van der Waals surface area contributed by atoms with Crippen LogP contribution in [0.4, 0.5) is 0 Å². The number of rotatable bonds is 5. The van der Waals surface area contributed by atoms with Crippen molar-refractivity contribution >= 4 is 40.2 Å². The van der Waals surface area contributed by atoms with E-state index in [1.165, 1.54) is 12.8 Å². The van der Waals surface area contributed by atoms with Gasteiger partial charge in [0.1, 0.15) is 17.3 Å². The van der Waals surface area contributed by atoms with Gasteiger partial charge in [-0.25, -0.2) is 9.78 Å². The number of carbonyl (C=O) groups is 1. The third-order valence-electron chi connectivity index (χ3n) is 5.85. The van der Waals surface area contributed by atoms with E-state index in [-0.39, 0.29) is 5.56 Å². The lowest BCUT2D eigenvalue weighted by Gasteiger charge is -2.17. The number of hydrogen-bond donors (Lipinski definition) is 1. The SMILES string of the molecule is O=C(O)c1ccc2c(c1)nc(-c1cccc(Oc3ccc(Cl)c(Cl)c3)c1)n2C1CCCC1. The van der Waals surface area contributed by atoms with Crippen LogP contribution in [0.25, 0.3) is 22.4 Å². The highest BCUT2D eigenvalue weighted by molar-refractivity contribution is 6.42. The molecule has 7 heteroatoms. The molecule has 0 bridgehead atoms. The smallest absolute Gasteiger partial charge is 0.335 e. The van der Waals surface area contributed by atoms with Gasteiger partial charge in [-0.3, -0.25) is 0 Å². The number of aromatic carboxylic acids is 1. The van der Waals surface area contributed by atoms with Gasteiger partial charge in [-0.2, -0.15) is 0 Å². The lowest BCUT2D eigenvalue weighted by molar-refractivity contribution is 0.0697. The van der Waals surface area contributed by atoms with E-state index in [1.807, 2.05) is 30.3 Å². The summed E-state index contributed by atoms with van der Waals surface area (Å²) in [6.07, 6.45) is 4.52. The second-order valence-corrected chi connectivity index (χ2v) is 8.77. The van der Waals surface area contributed by atoms with E-state index in [1.54, 1.807) is 30.3 Å². The van der Waals surface area contributed by atoms with E-state index in [0.29, 0.717) is 33.1 Å². The third-order valence-corrected chi connectivity index (χ3v) is 6.58. The van der Waals surface area contributed by atoms with Crippen molar-refractivity contribution in [2.24, 2.45) is 0 Å². The average molecular weight is 467 g/mol. The Hall–Kier alpha value is -3.02. The fraction of sp³-hybridized carbons (Fsp3) is 0.200. The number of aromatic nitrogens is 2. The molecular weight excluding hydrogens is 447 g/mol. The van der Waals surface area contributed by atoms with Gasteiger partial charge < -0.3 is 14.4 Å². The quantitative estimate of drug-likeness (QED) is 0.328. The Morgan fingerprint density at radius 3 is 2.50 bits per heavy atom. The molecule has 0 saturated heterocycles. The van der Waals surface area contributed by atoms with Crippen LogP contribution in [0.3, 0.4) is 0 Å². The molecule has 3 aromatic carbocycles. The van der Waals surface area contributed by atoms with Crippen molar-refractivity contribution in [1.82, 2.24) is 9.55 Å². The number of nitrogens with zero attached hydrogens (tertiary/aromatic N) is 2. The topological polar surface area (TPSA) is 64.3 Å². The van der Waals surface area contributed by atoms with Gasteiger partial charge in [0, 0.05) is 17.7 Å². The summed E-state index contributed by atoms with van der Waals surface area (Å²) in [6, 6.07) is 18.4. The maximum absolute atomic E-state index is 11.5. The van der Waals surface area contributed by atoms with Crippen LogP contribution in [0.15, 0.2) is 60.7 Å². The van der Waals surface area contributed by atoms with E-state index < -0.39 is 5.97 Å². The van der Waals surface area contributed by atoms with Gasteiger partial charge in [-0.15, -0.1) is 0 Å². The zero-order chi connectivity index (χ0) is 22.2. The molecule has 32 heavy (non-hydrogen) atoms. The van der Waals surface area contributed by atoms with Crippen LogP contribution in [0.5, 0.6) is 11.5 Å². The zero-order valence-electron chi connectivity index (χ0n) is 17.1. The molecule has 0 atom stereocenters. The molecule has 1 aromatic heterocycles. The number of halogens is 2. The number of hydrogen-bond acceptors (Lipinski definition) is 3. The van der Waals surface area contributed by atoms with Crippen LogP contribution in [-0.4, -0.2) is 20.6 Å². The lowest BCUT2D eigenvalue weighted by Crippen LogP contribution is -2.06. The molecular formula is C25H20Cl2N2O3. The number of fused-ring (bicyclic) bond motifs is 1. The highest BCUT2D eigenvalue weighted by Crippen LogP contribution is 2.38. The van der Waals surface area contributed by atoms with Gasteiger partial charge in [0.05, 0.1) is 26.6 Å². The van der Waals surface area contributed by atoms with Crippen molar-refractivity contribution in [2.45, 2.75) is 31.7 Å². The number of imidazole rings is 1. The van der Waals surface area contributed by atoms with Crippen LogP contribution in [0.1, 0.15) is 42.1 Å². The van der Waals surface area contributed by atoms with Gasteiger partial charge in [0.2, 0.25) is 0 Å². The first-order valence-electron chi connectivity index (χ1n) is 10.5. The van der Waals surface area contributed by atoms with Crippen LogP contribution >= 0.6 is 23.2 Å². The lowest BCUT2D eigenvalue weighted by atomic mass is 10.1. The first kappa shape index (κ1) is 20.9. The van der Waals surface area contributed by atoms with Crippen LogP contribution in [0.2, 0.25) is 10.0 Å². The Bertz CT molecular complexity index is 1330. The molecule has 1 fully saturated rings. The van der Waals surface area contributed by atoms with Crippen molar-refractivity contribution in [1.29, 1.82) is 0 Å². The van der Waals surface area contributed by atoms with E-state index in [2.05, 4.69) is 4.57 Å². The van der Waals surface area contributed by atoms with Crippen LogP contribution in [-0.2, 0) is 0 Å². The number of ether oxygens (including phenoxy) is 1. The van der Waals surface area contributed by atoms with Crippen molar-refractivity contribution < 1.29 is 14.6 Å². The van der Waals surface area contributed by atoms with Gasteiger partial charge in [0.15, 0.2) is 0 Å². The van der Waals surface area contributed by atoms with Crippen molar-refractivity contribution in [3.05, 3.63) is 76.3 Å². The molecule has 1 heterocycles. The first-order chi connectivity index (χ1) is 15.5. The fourth-order valence-electron chi connectivity index (χ4n) is 4.34. The number of carboxylic acids is 1. The number of benzene rings is 3. The van der Waals surface area contributed by atoms with Crippen molar-refractivity contribution in [3.8, 4) is 22.9 Å². The molecule has 0 radical (unpaired) electrons. The van der Waals surface area contributed by atoms with E-state index in [0.717, 1.165) is 29.7 Å². The minimum atomic E-state index is -0.958. The molecule has 1 aliphatic rings. The summed E-state index contributed by atoms with van der Waals surface area (Å²) < 4.78 is 8.26. The standard InChI is InChI=1S/C25H20Cl2N2O3/c26-20-10-9-19(14-21(20)27)32-18-7-3-4-15(12-18)24-28-22-13-16(25(30)31)8-11-23(22)29(24)17-5-1-2-6-17/h3-4,7-14,17H,1-2,5-6H2,(H,30,31). The Morgan fingerprint density at radius 1 is 0.969 bits per heavy atom. The van der Waals surface area contributed by atoms with Gasteiger partial charge in [0.25, 0.3) is 0 Å². The molecule has 0 aliphatic heterocycles. The zero-order valence-corrected chi connectivity index (χ0v) is 18.6. The Labute approximate surface area is 195 Å². The highest BCUT2D eigenvalue weighted by Gasteiger charge is 2.24. The first-order valence-corrected chi connectivity index (χ1v) is 11.2. The summed E-state index contributed by atoms with van der Waals surface area (Å²) in [5, 5.41) is 10.3. The van der Waals surface area contributed by atoms with Crippen LogP contribution < -0.4 is 4.74 Å². The number of carboxylic acid groups (broad SMARTS) is 1. The van der Waals surface area contributed by atoms with E-state index in [9.17, 15) is 9.90 Å². The molecule has 0 spiro atoms. The predicted octanol–water partition coefficient (Wildman–Crippen LogP) is 7.62. The summed E-state index contributed by atoms with van der Waals surface area (Å²) in [4.78, 5) is 16.3. The minimum Gasteiger partial charge on any atom is -0.478 e. The Kier molecular flexibility index (Phi) is 5.53. The molecule has 0 amide bonds. The third kappa shape index (κ3) is 3.94. The molecule has 4 aromatic rings. The maximum Gasteiger partial charge on any atom is 0.335 e. The average Bonchev–Trinajstić information content (AvgIpc) is 3.43. The summed E-state index contributed by atoms with van der Waals surface area (Å²) in [7, 11) is 0. The second-order valence-electron chi connectivity index (χ2n) is 7.96. The minimum absolute atomic E-state index is 0.233. The normalized spacial score (nSPS) is 14.2. The van der Waals surface area contributed by atoms with Crippen molar-refractivity contribution in [2.75, 3.05) is 0 Å². The fourth-order valence-corrected chi connectivity index (χ4v) is 4.63. The van der Waals surface area contributed by atoms with Gasteiger partial charge in [-0.05, 0) is 55.3 Å². The Balaban J connectivity index is 1.58. The maximum atomic E-state index is 11.5. The monoisotopic (exact) mass is 466 g/mol. The highest BCUT2D eigenvalue weighted by atomic mass is 35.5. The van der Waals surface area contributed by atoms with Gasteiger partial charge in [-0.1, -0.05) is 48.2 Å². The summed E-state index contributed by atoms with van der Waals surface area (Å²) >= 11 is 12.1.